The molecule has 0 fully saturated rings. The van der Waals surface area contributed by atoms with E-state index in [1.165, 1.54) is 27.8 Å². The standard InChI is InChI=1S/C10H15.C6H6O.C5H5.Zr/c1-6-7(2)9(4)10(5)8(6)3;7-6-4-2-1-3-5-6;1-2-4-5-3-1;/h1-5H3;1-5,7H;1-5H;/q-1;;-1;+2. The monoisotopic (exact) mass is 384 g/mol. The Balaban J connectivity index is 0.000000327. The number of para-hydroxylation sites is 1. The number of hydrogen-bond donors (Lipinski definition) is 1. The van der Waals surface area contributed by atoms with Gasteiger partial charge in [-0.3, -0.25) is 0 Å². The molecule has 1 nitrogen and oxygen atoms in total. The van der Waals surface area contributed by atoms with E-state index in [-0.39, 0.29) is 26.2 Å². The Labute approximate surface area is 159 Å². The minimum Gasteiger partial charge on any atom is -0.508 e. The Morgan fingerprint density at radius 1 is 0.783 bits per heavy atom. The Hall–Kier alpha value is -1.40. The Bertz CT molecular complexity index is 551. The predicted octanol–water partition coefficient (Wildman–Crippen LogP) is 5.74. The molecule has 0 aliphatic heterocycles. The second-order valence-electron chi connectivity index (χ2n) is 5.42. The molecule has 0 unspecified atom stereocenters. The molecule has 3 aromatic carbocycles. The molecular weight excluding hydrogens is 359 g/mol. The number of hydrogen-bond acceptors (Lipinski definition) is 1. The quantitative estimate of drug-likeness (QED) is 0.489. The SMILES string of the molecule is Cc1c(C)c(C)[c-](C)c1C.Oc1ccccc1.[Zr+2].c1cc[cH-]c1. The van der Waals surface area contributed by atoms with Gasteiger partial charge in [0.05, 0.1) is 0 Å². The van der Waals surface area contributed by atoms with Crippen molar-refractivity contribution in [1.82, 2.24) is 0 Å². The zero-order chi connectivity index (χ0) is 16.5. The summed E-state index contributed by atoms with van der Waals surface area (Å²) in [5, 5.41) is 8.63. The first-order valence-electron chi connectivity index (χ1n) is 7.55. The number of phenolic OH excluding ortho intramolecular Hbond substituents is 1. The van der Waals surface area contributed by atoms with E-state index in [2.05, 4.69) is 34.6 Å². The number of rotatable bonds is 0. The summed E-state index contributed by atoms with van der Waals surface area (Å²) < 4.78 is 0. The van der Waals surface area contributed by atoms with Crippen molar-refractivity contribution in [3.8, 4) is 5.75 Å². The third kappa shape index (κ3) is 7.14. The van der Waals surface area contributed by atoms with Crippen molar-refractivity contribution in [1.29, 1.82) is 0 Å². The number of phenols is 1. The van der Waals surface area contributed by atoms with E-state index >= 15 is 0 Å². The summed E-state index contributed by atoms with van der Waals surface area (Å²) in [6, 6.07) is 18.7. The molecule has 3 rings (SSSR count). The molecule has 0 aromatic heterocycles. The molecule has 1 N–H and O–H groups in total. The number of aromatic hydroxyl groups is 1. The molecule has 0 atom stereocenters. The van der Waals surface area contributed by atoms with Gasteiger partial charge < -0.3 is 5.11 Å². The Morgan fingerprint density at radius 3 is 1.39 bits per heavy atom. The van der Waals surface area contributed by atoms with Crippen LogP contribution in [0.15, 0.2) is 60.7 Å². The molecule has 0 amide bonds. The Morgan fingerprint density at radius 2 is 1.22 bits per heavy atom. The van der Waals surface area contributed by atoms with Crippen molar-refractivity contribution in [3.05, 3.63) is 88.5 Å². The van der Waals surface area contributed by atoms with Crippen LogP contribution < -0.4 is 0 Å². The summed E-state index contributed by atoms with van der Waals surface area (Å²) in [4.78, 5) is 0. The molecule has 0 heterocycles. The van der Waals surface area contributed by atoms with Gasteiger partial charge in [0, 0.05) is 0 Å². The summed E-state index contributed by atoms with van der Waals surface area (Å²) in [7, 11) is 0. The van der Waals surface area contributed by atoms with Crippen LogP contribution in [0, 0.1) is 34.6 Å². The maximum Gasteiger partial charge on any atom is 2.00 e. The van der Waals surface area contributed by atoms with Gasteiger partial charge in [-0.05, 0) is 12.1 Å². The fraction of sp³-hybridized carbons (Fsp3) is 0.238. The molecule has 3 aromatic rings. The average molecular weight is 386 g/mol. The van der Waals surface area contributed by atoms with Crippen LogP contribution >= 0.6 is 0 Å². The van der Waals surface area contributed by atoms with Crippen molar-refractivity contribution in [2.45, 2.75) is 34.6 Å². The van der Waals surface area contributed by atoms with Gasteiger partial charge in [-0.25, -0.2) is 12.1 Å². The summed E-state index contributed by atoms with van der Waals surface area (Å²) in [6.07, 6.45) is 0. The zero-order valence-corrected chi connectivity index (χ0v) is 17.2. The van der Waals surface area contributed by atoms with Crippen LogP contribution in [0.25, 0.3) is 0 Å². The second-order valence-corrected chi connectivity index (χ2v) is 5.42. The van der Waals surface area contributed by atoms with E-state index in [1.54, 1.807) is 24.3 Å². The summed E-state index contributed by atoms with van der Waals surface area (Å²) in [5.74, 6) is 0.322. The van der Waals surface area contributed by atoms with Gasteiger partial charge >= 0.3 is 26.2 Å². The summed E-state index contributed by atoms with van der Waals surface area (Å²) >= 11 is 0. The molecule has 0 spiro atoms. The third-order valence-corrected chi connectivity index (χ3v) is 4.12. The van der Waals surface area contributed by atoms with Crippen molar-refractivity contribution < 1.29 is 31.3 Å². The van der Waals surface area contributed by atoms with E-state index in [1.807, 2.05) is 36.4 Å². The van der Waals surface area contributed by atoms with Crippen LogP contribution in [0.1, 0.15) is 27.8 Å². The molecule has 0 bridgehead atoms. The maximum absolute atomic E-state index is 8.63. The van der Waals surface area contributed by atoms with E-state index in [0.717, 1.165) is 0 Å². The minimum atomic E-state index is 0. The topological polar surface area (TPSA) is 20.2 Å². The van der Waals surface area contributed by atoms with Crippen LogP contribution in [0.4, 0.5) is 0 Å². The van der Waals surface area contributed by atoms with Gasteiger partial charge in [-0.15, -0.1) is 0 Å². The van der Waals surface area contributed by atoms with Gasteiger partial charge in [0.1, 0.15) is 5.75 Å². The zero-order valence-electron chi connectivity index (χ0n) is 14.7. The smallest absolute Gasteiger partial charge is 0.508 e. The fourth-order valence-corrected chi connectivity index (χ4v) is 2.15. The summed E-state index contributed by atoms with van der Waals surface area (Å²) in [5.41, 5.74) is 7.34. The van der Waals surface area contributed by atoms with Crippen molar-refractivity contribution in [2.75, 3.05) is 0 Å². The van der Waals surface area contributed by atoms with Crippen LogP contribution in [-0.4, -0.2) is 5.11 Å². The predicted molar refractivity (Wildman–Crippen MR) is 95.9 cm³/mol. The van der Waals surface area contributed by atoms with E-state index in [4.69, 9.17) is 5.11 Å². The Kier molecular flexibility index (Phi) is 10.5. The van der Waals surface area contributed by atoms with Crippen LogP contribution in [0.5, 0.6) is 5.75 Å². The van der Waals surface area contributed by atoms with E-state index in [9.17, 15) is 0 Å². The van der Waals surface area contributed by atoms with Gasteiger partial charge in [-0.2, -0.15) is 46.0 Å². The molecule has 0 radical (unpaired) electrons. The molecule has 23 heavy (non-hydrogen) atoms. The largest absolute Gasteiger partial charge is 2.00 e. The van der Waals surface area contributed by atoms with Crippen molar-refractivity contribution in [3.63, 3.8) is 0 Å². The molecule has 0 aliphatic rings. The van der Waals surface area contributed by atoms with Crippen LogP contribution in [0.2, 0.25) is 0 Å². The van der Waals surface area contributed by atoms with Gasteiger partial charge in [-0.1, -0.05) is 52.8 Å². The maximum atomic E-state index is 8.63. The molecule has 120 valence electrons. The van der Waals surface area contributed by atoms with Crippen molar-refractivity contribution >= 4 is 0 Å². The first-order valence-corrected chi connectivity index (χ1v) is 7.55. The first-order chi connectivity index (χ1) is 10.4. The van der Waals surface area contributed by atoms with Gasteiger partial charge in [0.25, 0.3) is 0 Å². The average Bonchev–Trinajstić information content (AvgIpc) is 3.16. The van der Waals surface area contributed by atoms with Gasteiger partial charge in [0.2, 0.25) is 0 Å². The van der Waals surface area contributed by atoms with Crippen LogP contribution in [0.3, 0.4) is 0 Å². The van der Waals surface area contributed by atoms with E-state index in [0.29, 0.717) is 5.75 Å². The molecule has 0 saturated carbocycles. The first kappa shape index (κ1) is 21.6. The molecular formula is C21H26OZr. The number of benzene rings is 1. The second kappa shape index (κ2) is 11.2. The van der Waals surface area contributed by atoms with Crippen molar-refractivity contribution in [2.24, 2.45) is 0 Å². The minimum absolute atomic E-state index is 0. The third-order valence-electron chi connectivity index (χ3n) is 4.12. The van der Waals surface area contributed by atoms with Crippen LogP contribution in [-0.2, 0) is 26.2 Å². The molecule has 0 saturated heterocycles. The van der Waals surface area contributed by atoms with Gasteiger partial charge in [0.15, 0.2) is 0 Å². The molecule has 0 aliphatic carbocycles. The molecule has 2 heteroatoms. The normalized spacial score (nSPS) is 8.91. The van der Waals surface area contributed by atoms with E-state index < -0.39 is 0 Å². The summed E-state index contributed by atoms with van der Waals surface area (Å²) in [6.45, 7) is 11.0. The fourth-order valence-electron chi connectivity index (χ4n) is 2.15.